The third-order valence-electron chi connectivity index (χ3n) is 3.62. The molecule has 92 valence electrons. The van der Waals surface area contributed by atoms with Gasteiger partial charge < -0.3 is 4.74 Å². The summed E-state index contributed by atoms with van der Waals surface area (Å²) in [5.41, 5.74) is 0.684. The predicted molar refractivity (Wildman–Crippen MR) is 66.2 cm³/mol. The van der Waals surface area contributed by atoms with Crippen molar-refractivity contribution in [2.75, 3.05) is 7.11 Å². The number of ether oxygens (including phenoxy) is 1. The number of ketones is 1. The lowest BCUT2D eigenvalue weighted by molar-refractivity contribution is 0.0875. The highest BCUT2D eigenvalue weighted by Crippen LogP contribution is 2.30. The van der Waals surface area contributed by atoms with Crippen molar-refractivity contribution in [1.82, 2.24) is 4.98 Å². The second kappa shape index (κ2) is 5.30. The first-order chi connectivity index (χ1) is 8.20. The number of nitrogens with zero attached hydrogens (tertiary/aromatic N) is 1. The maximum Gasteiger partial charge on any atom is 0.167 e. The van der Waals surface area contributed by atoms with Crippen LogP contribution in [-0.4, -0.2) is 17.9 Å². The van der Waals surface area contributed by atoms with Gasteiger partial charge in [0.2, 0.25) is 0 Å². The molecule has 0 aromatic carbocycles. The predicted octanol–water partition coefficient (Wildman–Crippen LogP) is 3.10. The first-order valence-corrected chi connectivity index (χ1v) is 6.24. The molecule has 0 aliphatic heterocycles. The summed E-state index contributed by atoms with van der Waals surface area (Å²) in [6, 6.07) is 1.79. The van der Waals surface area contributed by atoms with Crippen molar-refractivity contribution in [3.05, 3.63) is 24.0 Å². The second-order valence-corrected chi connectivity index (χ2v) is 4.93. The minimum atomic E-state index is 0.181. The van der Waals surface area contributed by atoms with Crippen molar-refractivity contribution in [3.8, 4) is 5.75 Å². The van der Waals surface area contributed by atoms with Gasteiger partial charge in [0.15, 0.2) is 5.78 Å². The average molecular weight is 233 g/mol. The van der Waals surface area contributed by atoms with Crippen molar-refractivity contribution < 1.29 is 9.53 Å². The maximum absolute atomic E-state index is 12.3. The van der Waals surface area contributed by atoms with Gasteiger partial charge in [-0.25, -0.2) is 0 Å². The van der Waals surface area contributed by atoms with Crippen LogP contribution >= 0.6 is 0 Å². The number of aromatic nitrogens is 1. The molecule has 1 saturated carbocycles. The Hall–Kier alpha value is -1.38. The molecule has 3 heteroatoms. The fourth-order valence-corrected chi connectivity index (χ4v) is 2.42. The number of methoxy groups -OCH3 is 1. The van der Waals surface area contributed by atoms with Gasteiger partial charge in [-0.1, -0.05) is 19.8 Å². The fraction of sp³-hybridized carbons (Fsp3) is 0.571. The minimum Gasteiger partial charge on any atom is -0.495 e. The minimum absolute atomic E-state index is 0.181. The van der Waals surface area contributed by atoms with Gasteiger partial charge in [-0.2, -0.15) is 0 Å². The Bertz CT molecular complexity index is 395. The number of rotatable bonds is 3. The molecule has 0 atom stereocenters. The fourth-order valence-electron chi connectivity index (χ4n) is 2.42. The van der Waals surface area contributed by atoms with E-state index in [2.05, 4.69) is 11.9 Å². The number of carbonyl (C=O) groups excluding carboxylic acids is 1. The van der Waals surface area contributed by atoms with E-state index >= 15 is 0 Å². The van der Waals surface area contributed by atoms with Gasteiger partial charge in [-0.15, -0.1) is 0 Å². The highest BCUT2D eigenvalue weighted by Gasteiger charge is 2.25. The summed E-state index contributed by atoms with van der Waals surface area (Å²) in [6.07, 6.45) is 7.61. The first-order valence-electron chi connectivity index (χ1n) is 6.24. The molecule has 0 spiro atoms. The summed E-state index contributed by atoms with van der Waals surface area (Å²) < 4.78 is 5.09. The Balaban J connectivity index is 2.08. The lowest BCUT2D eigenvalue weighted by Crippen LogP contribution is -2.21. The van der Waals surface area contributed by atoms with Crippen LogP contribution in [0.5, 0.6) is 5.75 Å². The van der Waals surface area contributed by atoms with Crippen LogP contribution in [0.25, 0.3) is 0 Å². The monoisotopic (exact) mass is 233 g/mol. The lowest BCUT2D eigenvalue weighted by Gasteiger charge is -2.25. The van der Waals surface area contributed by atoms with Gasteiger partial charge in [0.25, 0.3) is 0 Å². The maximum atomic E-state index is 12.3. The standard InChI is InChI=1S/C14H19NO2/c1-10-3-5-11(6-4-10)14(16)12-7-13(17-2)9-15-8-12/h7-11H,3-6H2,1-2H3. The summed E-state index contributed by atoms with van der Waals surface area (Å²) in [6.45, 7) is 2.26. The molecule has 2 rings (SSSR count). The van der Waals surface area contributed by atoms with Gasteiger partial charge in [-0.3, -0.25) is 9.78 Å². The summed E-state index contributed by atoms with van der Waals surface area (Å²) in [4.78, 5) is 16.3. The Kier molecular flexibility index (Phi) is 3.77. The number of carbonyl (C=O) groups is 1. The normalized spacial score (nSPS) is 24.4. The van der Waals surface area contributed by atoms with Crippen LogP contribution in [0.15, 0.2) is 18.5 Å². The number of Topliss-reactive ketones (excluding diaryl/α,β-unsaturated/α-hetero) is 1. The van der Waals surface area contributed by atoms with Crippen molar-refractivity contribution in [2.45, 2.75) is 32.6 Å². The largest absolute Gasteiger partial charge is 0.495 e. The van der Waals surface area contributed by atoms with E-state index in [1.165, 1.54) is 0 Å². The number of pyridine rings is 1. The molecule has 0 saturated heterocycles. The van der Waals surface area contributed by atoms with E-state index in [-0.39, 0.29) is 11.7 Å². The van der Waals surface area contributed by atoms with Gasteiger partial charge in [0, 0.05) is 17.7 Å². The number of hydrogen-bond donors (Lipinski definition) is 0. The molecule has 0 bridgehead atoms. The quantitative estimate of drug-likeness (QED) is 0.753. The van der Waals surface area contributed by atoms with Crippen molar-refractivity contribution in [1.29, 1.82) is 0 Å². The van der Waals surface area contributed by atoms with Gasteiger partial charge >= 0.3 is 0 Å². The average Bonchev–Trinajstić information content (AvgIpc) is 2.39. The van der Waals surface area contributed by atoms with E-state index in [0.29, 0.717) is 11.3 Å². The lowest BCUT2D eigenvalue weighted by atomic mass is 9.79. The van der Waals surface area contributed by atoms with Gasteiger partial charge in [-0.05, 0) is 24.8 Å². The van der Waals surface area contributed by atoms with Crippen LogP contribution in [0.3, 0.4) is 0 Å². The summed E-state index contributed by atoms with van der Waals surface area (Å²) >= 11 is 0. The van der Waals surface area contributed by atoms with Crippen LogP contribution in [-0.2, 0) is 0 Å². The topological polar surface area (TPSA) is 39.2 Å². The van der Waals surface area contributed by atoms with E-state index in [0.717, 1.165) is 31.6 Å². The zero-order valence-electron chi connectivity index (χ0n) is 10.5. The molecule has 17 heavy (non-hydrogen) atoms. The van der Waals surface area contributed by atoms with Crippen LogP contribution < -0.4 is 4.74 Å². The molecule has 0 radical (unpaired) electrons. The molecule has 0 unspecified atom stereocenters. The Labute approximate surface area is 102 Å². The molecule has 0 amide bonds. The molecular formula is C14H19NO2. The zero-order chi connectivity index (χ0) is 12.3. The van der Waals surface area contributed by atoms with Crippen LogP contribution in [0, 0.1) is 11.8 Å². The molecule has 1 aliphatic rings. The van der Waals surface area contributed by atoms with Gasteiger partial charge in [0.1, 0.15) is 5.75 Å². The summed E-state index contributed by atoms with van der Waals surface area (Å²) in [7, 11) is 1.59. The highest BCUT2D eigenvalue weighted by atomic mass is 16.5. The Morgan fingerprint density at radius 1 is 1.29 bits per heavy atom. The van der Waals surface area contributed by atoms with E-state index in [4.69, 9.17) is 4.74 Å². The Morgan fingerprint density at radius 3 is 2.65 bits per heavy atom. The third-order valence-corrected chi connectivity index (χ3v) is 3.62. The zero-order valence-corrected chi connectivity index (χ0v) is 10.5. The number of hydrogen-bond acceptors (Lipinski definition) is 3. The molecule has 1 fully saturated rings. The van der Waals surface area contributed by atoms with Gasteiger partial charge in [0.05, 0.1) is 13.3 Å². The molecule has 1 aromatic heterocycles. The smallest absolute Gasteiger partial charge is 0.167 e. The molecule has 3 nitrogen and oxygen atoms in total. The highest BCUT2D eigenvalue weighted by molar-refractivity contribution is 5.97. The van der Waals surface area contributed by atoms with Crippen molar-refractivity contribution in [2.24, 2.45) is 11.8 Å². The molecular weight excluding hydrogens is 214 g/mol. The van der Waals surface area contributed by atoms with E-state index < -0.39 is 0 Å². The molecule has 1 aliphatic carbocycles. The van der Waals surface area contributed by atoms with Crippen LogP contribution in [0.1, 0.15) is 43.0 Å². The van der Waals surface area contributed by atoms with E-state index in [9.17, 15) is 4.79 Å². The molecule has 1 aromatic rings. The second-order valence-electron chi connectivity index (χ2n) is 4.93. The van der Waals surface area contributed by atoms with Crippen LogP contribution in [0.2, 0.25) is 0 Å². The third kappa shape index (κ3) is 2.84. The van der Waals surface area contributed by atoms with E-state index in [1.54, 1.807) is 25.6 Å². The Morgan fingerprint density at radius 2 is 2.00 bits per heavy atom. The molecule has 1 heterocycles. The molecule has 0 N–H and O–H groups in total. The first kappa shape index (κ1) is 12.1. The summed E-state index contributed by atoms with van der Waals surface area (Å²) in [5, 5.41) is 0. The van der Waals surface area contributed by atoms with Crippen molar-refractivity contribution >= 4 is 5.78 Å². The van der Waals surface area contributed by atoms with E-state index in [1.807, 2.05) is 0 Å². The SMILES string of the molecule is COc1cncc(C(=O)C2CCC(C)CC2)c1. The summed E-state index contributed by atoms with van der Waals surface area (Å²) in [5.74, 6) is 1.82. The van der Waals surface area contributed by atoms with Crippen molar-refractivity contribution in [3.63, 3.8) is 0 Å². The van der Waals surface area contributed by atoms with Crippen LogP contribution in [0.4, 0.5) is 0 Å².